The highest BCUT2D eigenvalue weighted by molar-refractivity contribution is 7.89. The highest BCUT2D eigenvalue weighted by Gasteiger charge is 2.23. The smallest absolute Gasteiger partial charge is 0.243 e. The van der Waals surface area contributed by atoms with Crippen molar-refractivity contribution in [1.82, 2.24) is 9.62 Å². The summed E-state index contributed by atoms with van der Waals surface area (Å²) in [5.74, 6) is 2.39. The van der Waals surface area contributed by atoms with Crippen LogP contribution in [0.1, 0.15) is 25.3 Å². The van der Waals surface area contributed by atoms with Gasteiger partial charge in [-0.2, -0.15) is 4.31 Å². The fourth-order valence-electron chi connectivity index (χ4n) is 1.98. The maximum atomic E-state index is 12.5. The van der Waals surface area contributed by atoms with Gasteiger partial charge in [0.15, 0.2) is 0 Å². The van der Waals surface area contributed by atoms with Gasteiger partial charge in [0.1, 0.15) is 0 Å². The standard InChI is InChI=1S/C15H20N2O2S/c1-3-10-17(4-2)20(18,19)15-7-5-6-13(11-15)12-16-14-8-9-14/h1,5-7,11,14,16H,4,8-10,12H2,2H3. The average Bonchev–Trinajstić information content (AvgIpc) is 3.27. The summed E-state index contributed by atoms with van der Waals surface area (Å²) in [4.78, 5) is 0.310. The van der Waals surface area contributed by atoms with Crippen molar-refractivity contribution in [2.45, 2.75) is 37.2 Å². The number of rotatable bonds is 7. The molecule has 1 aliphatic rings. The van der Waals surface area contributed by atoms with E-state index in [4.69, 9.17) is 6.42 Å². The molecule has 0 amide bonds. The van der Waals surface area contributed by atoms with Gasteiger partial charge < -0.3 is 5.32 Å². The van der Waals surface area contributed by atoms with Crippen LogP contribution in [0.2, 0.25) is 0 Å². The van der Waals surface area contributed by atoms with Crippen LogP contribution in [0.25, 0.3) is 0 Å². The lowest BCUT2D eigenvalue weighted by atomic mass is 10.2. The van der Waals surface area contributed by atoms with E-state index in [9.17, 15) is 8.42 Å². The zero-order valence-corrected chi connectivity index (χ0v) is 12.5. The zero-order valence-electron chi connectivity index (χ0n) is 11.7. The third-order valence-corrected chi connectivity index (χ3v) is 5.25. The topological polar surface area (TPSA) is 49.4 Å². The fourth-order valence-corrected chi connectivity index (χ4v) is 3.42. The molecule has 0 bridgehead atoms. The first kappa shape index (κ1) is 15.0. The number of hydrogen-bond acceptors (Lipinski definition) is 3. The van der Waals surface area contributed by atoms with Crippen LogP contribution in [-0.4, -0.2) is 31.9 Å². The summed E-state index contributed by atoms with van der Waals surface area (Å²) in [7, 11) is -3.50. The number of benzene rings is 1. The van der Waals surface area contributed by atoms with Gasteiger partial charge >= 0.3 is 0 Å². The van der Waals surface area contributed by atoms with Crippen molar-refractivity contribution in [3.05, 3.63) is 29.8 Å². The van der Waals surface area contributed by atoms with E-state index in [0.29, 0.717) is 24.0 Å². The van der Waals surface area contributed by atoms with Crippen molar-refractivity contribution in [3.8, 4) is 12.3 Å². The number of nitrogens with one attached hydrogen (secondary N) is 1. The lowest BCUT2D eigenvalue weighted by Crippen LogP contribution is -2.31. The molecule has 0 radical (unpaired) electrons. The predicted molar refractivity (Wildman–Crippen MR) is 79.6 cm³/mol. The minimum Gasteiger partial charge on any atom is -0.310 e. The SMILES string of the molecule is C#CCN(CC)S(=O)(=O)c1cccc(CNC2CC2)c1. The molecule has 108 valence electrons. The quantitative estimate of drug-likeness (QED) is 0.776. The van der Waals surface area contributed by atoms with Crippen molar-refractivity contribution in [2.24, 2.45) is 0 Å². The van der Waals surface area contributed by atoms with E-state index in [1.807, 2.05) is 6.07 Å². The van der Waals surface area contributed by atoms with Crippen LogP contribution in [0, 0.1) is 12.3 Å². The first-order chi connectivity index (χ1) is 9.57. The van der Waals surface area contributed by atoms with Gasteiger partial charge in [0.2, 0.25) is 10.0 Å². The van der Waals surface area contributed by atoms with Crippen LogP contribution in [0.3, 0.4) is 0 Å². The molecule has 1 aromatic carbocycles. The van der Waals surface area contributed by atoms with E-state index < -0.39 is 10.0 Å². The Kier molecular flexibility index (Phi) is 4.81. The molecule has 0 saturated heterocycles. The summed E-state index contributed by atoms with van der Waals surface area (Å²) in [6.45, 7) is 2.96. The third-order valence-electron chi connectivity index (χ3n) is 3.33. The first-order valence-corrected chi connectivity index (χ1v) is 8.28. The number of terminal acetylenes is 1. The molecule has 0 aromatic heterocycles. The van der Waals surface area contributed by atoms with Crippen LogP contribution in [-0.2, 0) is 16.6 Å². The van der Waals surface area contributed by atoms with Gasteiger partial charge in [0.05, 0.1) is 11.4 Å². The summed E-state index contributed by atoms with van der Waals surface area (Å²) < 4.78 is 26.2. The summed E-state index contributed by atoms with van der Waals surface area (Å²) in [6.07, 6.45) is 7.66. The van der Waals surface area contributed by atoms with E-state index in [0.717, 1.165) is 5.56 Å². The van der Waals surface area contributed by atoms with Crippen LogP contribution < -0.4 is 5.32 Å². The molecule has 0 aliphatic heterocycles. The van der Waals surface area contributed by atoms with Gasteiger partial charge in [0.25, 0.3) is 0 Å². The van der Waals surface area contributed by atoms with E-state index >= 15 is 0 Å². The maximum absolute atomic E-state index is 12.5. The molecule has 20 heavy (non-hydrogen) atoms. The second kappa shape index (κ2) is 6.40. The number of nitrogens with zero attached hydrogens (tertiary/aromatic N) is 1. The molecule has 1 N–H and O–H groups in total. The van der Waals surface area contributed by atoms with Crippen molar-refractivity contribution in [2.75, 3.05) is 13.1 Å². The highest BCUT2D eigenvalue weighted by Crippen LogP contribution is 2.20. The third kappa shape index (κ3) is 3.60. The molecule has 1 aromatic rings. The minimum absolute atomic E-state index is 0.101. The van der Waals surface area contributed by atoms with Crippen LogP contribution >= 0.6 is 0 Å². The van der Waals surface area contributed by atoms with Gasteiger partial charge in [0, 0.05) is 19.1 Å². The Morgan fingerprint density at radius 2 is 2.20 bits per heavy atom. The molecule has 4 nitrogen and oxygen atoms in total. The van der Waals surface area contributed by atoms with Gasteiger partial charge in [-0.25, -0.2) is 8.42 Å². The van der Waals surface area contributed by atoms with E-state index in [1.165, 1.54) is 17.1 Å². The van der Waals surface area contributed by atoms with E-state index in [2.05, 4.69) is 11.2 Å². The van der Waals surface area contributed by atoms with E-state index in [-0.39, 0.29) is 6.54 Å². The Hall–Kier alpha value is -1.35. The van der Waals surface area contributed by atoms with E-state index in [1.54, 1.807) is 25.1 Å². The second-order valence-corrected chi connectivity index (χ2v) is 6.88. The molecule has 1 aliphatic carbocycles. The highest BCUT2D eigenvalue weighted by atomic mass is 32.2. The molecule has 0 atom stereocenters. The Balaban J connectivity index is 2.17. The Morgan fingerprint density at radius 1 is 1.45 bits per heavy atom. The van der Waals surface area contributed by atoms with Gasteiger partial charge in [-0.15, -0.1) is 6.42 Å². The predicted octanol–water partition coefficient (Wildman–Crippen LogP) is 1.58. The van der Waals surface area contributed by atoms with Crippen molar-refractivity contribution < 1.29 is 8.42 Å². The van der Waals surface area contributed by atoms with Gasteiger partial charge in [-0.3, -0.25) is 0 Å². The van der Waals surface area contributed by atoms with Crippen LogP contribution in [0.4, 0.5) is 0 Å². The molecule has 1 saturated carbocycles. The van der Waals surface area contributed by atoms with Gasteiger partial charge in [-0.05, 0) is 30.5 Å². The molecule has 0 spiro atoms. The molecule has 5 heteroatoms. The van der Waals surface area contributed by atoms with Crippen molar-refractivity contribution in [3.63, 3.8) is 0 Å². The fraction of sp³-hybridized carbons (Fsp3) is 0.467. The molecule has 0 heterocycles. The molecule has 1 fully saturated rings. The number of hydrogen-bond donors (Lipinski definition) is 1. The summed E-state index contributed by atoms with van der Waals surface area (Å²) in [6, 6.07) is 7.66. The Labute approximate surface area is 121 Å². The van der Waals surface area contributed by atoms with Gasteiger partial charge in [-0.1, -0.05) is 25.0 Å². The Bertz CT molecular complexity index is 601. The molecule has 2 rings (SSSR count). The maximum Gasteiger partial charge on any atom is 0.243 e. The monoisotopic (exact) mass is 292 g/mol. The molecule has 0 unspecified atom stereocenters. The lowest BCUT2D eigenvalue weighted by Gasteiger charge is -2.18. The average molecular weight is 292 g/mol. The minimum atomic E-state index is -3.50. The Morgan fingerprint density at radius 3 is 2.80 bits per heavy atom. The van der Waals surface area contributed by atoms with Crippen LogP contribution in [0.5, 0.6) is 0 Å². The second-order valence-electron chi connectivity index (χ2n) is 4.94. The normalized spacial score (nSPS) is 15.2. The first-order valence-electron chi connectivity index (χ1n) is 6.84. The largest absolute Gasteiger partial charge is 0.310 e. The van der Waals surface area contributed by atoms with Crippen molar-refractivity contribution >= 4 is 10.0 Å². The molecular formula is C15H20N2O2S. The summed E-state index contributed by atoms with van der Waals surface area (Å²) in [5.41, 5.74) is 0.981. The summed E-state index contributed by atoms with van der Waals surface area (Å²) in [5, 5.41) is 3.38. The summed E-state index contributed by atoms with van der Waals surface area (Å²) >= 11 is 0. The molecular weight excluding hydrogens is 272 g/mol. The number of sulfonamides is 1. The van der Waals surface area contributed by atoms with Crippen molar-refractivity contribution in [1.29, 1.82) is 0 Å². The van der Waals surface area contributed by atoms with Crippen LogP contribution in [0.15, 0.2) is 29.2 Å². The zero-order chi connectivity index (χ0) is 14.6. The lowest BCUT2D eigenvalue weighted by molar-refractivity contribution is 0.464.